The summed E-state index contributed by atoms with van der Waals surface area (Å²) < 4.78 is 56.5. The minimum absolute atomic E-state index is 0.0999. The number of halogens is 4. The zero-order valence-electron chi connectivity index (χ0n) is 17.3. The third-order valence-electron chi connectivity index (χ3n) is 5.14. The smallest absolute Gasteiger partial charge is 0.378 e. The topological polar surface area (TPSA) is 45.2 Å². The fourth-order valence-corrected chi connectivity index (χ4v) is 4.03. The lowest BCUT2D eigenvalue weighted by Crippen LogP contribution is -2.40. The molecule has 2 unspecified atom stereocenters. The minimum Gasteiger partial charge on any atom is -0.378 e. The summed E-state index contributed by atoms with van der Waals surface area (Å²) in [5.41, 5.74) is 0.300. The highest BCUT2D eigenvalue weighted by molar-refractivity contribution is 7.98. The van der Waals surface area contributed by atoms with Crippen molar-refractivity contribution < 1.29 is 22.7 Å². The Balaban J connectivity index is 2.11. The molecular formula is C22H26F4N2OS. The number of nitrogens with zero attached hydrogens (tertiary/aromatic N) is 1. The van der Waals surface area contributed by atoms with Gasteiger partial charge in [0.1, 0.15) is 5.82 Å². The molecule has 1 aromatic carbocycles. The van der Waals surface area contributed by atoms with Gasteiger partial charge in [-0.05, 0) is 88.4 Å². The lowest BCUT2D eigenvalue weighted by atomic mass is 9.86. The molecule has 164 valence electrons. The first-order valence-corrected chi connectivity index (χ1v) is 10.6. The van der Waals surface area contributed by atoms with Crippen LogP contribution in [0.5, 0.6) is 0 Å². The van der Waals surface area contributed by atoms with Crippen LogP contribution in [0.4, 0.5) is 17.6 Å². The molecule has 1 heterocycles. The molecule has 30 heavy (non-hydrogen) atoms. The molecule has 3 rings (SSSR count). The van der Waals surface area contributed by atoms with Crippen molar-refractivity contribution in [2.45, 2.75) is 63.1 Å². The van der Waals surface area contributed by atoms with Gasteiger partial charge in [0.25, 0.3) is 0 Å². The molecular weight excluding hydrogens is 416 g/mol. The van der Waals surface area contributed by atoms with Gasteiger partial charge >= 0.3 is 6.18 Å². The average Bonchev–Trinajstić information content (AvgIpc) is 3.50. The molecule has 2 N–H and O–H groups in total. The molecule has 3 nitrogen and oxygen atoms in total. The molecule has 2 aromatic rings. The predicted octanol–water partition coefficient (Wildman–Crippen LogP) is 6.14. The molecule has 0 saturated heterocycles. The maximum Gasteiger partial charge on any atom is 0.420 e. The molecule has 1 fully saturated rings. The second kappa shape index (κ2) is 8.13. The molecule has 1 aromatic heterocycles. The molecule has 2 atom stereocenters. The number of aliphatic hydroxyl groups excluding tert-OH is 1. The molecule has 1 aliphatic rings. The zero-order valence-corrected chi connectivity index (χ0v) is 18.2. The molecule has 0 amide bonds. The van der Waals surface area contributed by atoms with Crippen molar-refractivity contribution >= 4 is 11.9 Å². The van der Waals surface area contributed by atoms with Gasteiger partial charge in [-0.2, -0.15) is 13.2 Å². The van der Waals surface area contributed by atoms with Gasteiger partial charge in [0.2, 0.25) is 0 Å². The van der Waals surface area contributed by atoms with Gasteiger partial charge in [-0.25, -0.2) is 9.37 Å². The highest BCUT2D eigenvalue weighted by Crippen LogP contribution is 2.48. The number of hydrogen-bond acceptors (Lipinski definition) is 4. The maximum atomic E-state index is 13.3. The molecule has 1 saturated carbocycles. The van der Waals surface area contributed by atoms with E-state index in [4.69, 9.17) is 0 Å². The highest BCUT2D eigenvalue weighted by atomic mass is 32.2. The summed E-state index contributed by atoms with van der Waals surface area (Å²) in [7, 11) is 0. The van der Waals surface area contributed by atoms with E-state index in [0.29, 0.717) is 11.1 Å². The molecule has 8 heteroatoms. The Morgan fingerprint density at radius 2 is 1.67 bits per heavy atom. The van der Waals surface area contributed by atoms with Crippen molar-refractivity contribution in [2.75, 3.05) is 0 Å². The van der Waals surface area contributed by atoms with Crippen molar-refractivity contribution in [1.82, 2.24) is 9.71 Å². The highest BCUT2D eigenvalue weighted by Gasteiger charge is 2.45. The largest absolute Gasteiger partial charge is 0.420 e. The van der Waals surface area contributed by atoms with Crippen LogP contribution in [0, 0.1) is 11.7 Å². The van der Waals surface area contributed by atoms with Crippen LogP contribution in [-0.2, 0) is 5.54 Å². The number of rotatable bonds is 6. The van der Waals surface area contributed by atoms with Crippen LogP contribution < -0.4 is 4.72 Å². The summed E-state index contributed by atoms with van der Waals surface area (Å²) in [5, 5.41) is 9.90. The van der Waals surface area contributed by atoms with E-state index in [-0.39, 0.29) is 16.4 Å². The molecule has 1 aliphatic carbocycles. The Morgan fingerprint density at radius 1 is 1.07 bits per heavy atom. The number of benzene rings is 1. The van der Waals surface area contributed by atoms with Gasteiger partial charge in [-0.1, -0.05) is 11.9 Å². The number of hydrogen-bond donors (Lipinski definition) is 2. The summed E-state index contributed by atoms with van der Waals surface area (Å²) in [6.07, 6.45) is -5.62. The molecule has 0 spiro atoms. The lowest BCUT2D eigenvalue weighted by Gasteiger charge is -2.35. The van der Waals surface area contributed by atoms with E-state index in [1.54, 1.807) is 6.07 Å². The first-order valence-electron chi connectivity index (χ1n) is 9.78. The fourth-order valence-electron chi connectivity index (χ4n) is 3.23. The van der Waals surface area contributed by atoms with E-state index < -0.39 is 29.3 Å². The van der Waals surface area contributed by atoms with Crippen molar-refractivity contribution in [3.63, 3.8) is 0 Å². The Morgan fingerprint density at radius 3 is 2.17 bits per heavy atom. The van der Waals surface area contributed by atoms with Gasteiger partial charge in [-0.15, -0.1) is 0 Å². The fraction of sp³-hybridized carbons (Fsp3) is 0.500. The predicted molar refractivity (Wildman–Crippen MR) is 111 cm³/mol. The maximum absolute atomic E-state index is 13.3. The lowest BCUT2D eigenvalue weighted by molar-refractivity contribution is -0.207. The molecule has 0 bridgehead atoms. The SMILES string of the molecule is CC(C)(C)SNC(C)(c1cc(-c2ccc(F)cc2)nc(C(O)C(F)(F)F)c1)C1CC1. The van der Waals surface area contributed by atoms with E-state index >= 15 is 0 Å². The van der Waals surface area contributed by atoms with E-state index in [1.807, 2.05) is 27.7 Å². The van der Waals surface area contributed by atoms with Crippen LogP contribution in [0.3, 0.4) is 0 Å². The standard InChI is InChI=1S/C22H26F4N2OS/c1-20(2,3)30-28-21(4,14-7-8-14)15-11-17(13-5-9-16(23)10-6-13)27-18(12-15)19(29)22(24,25)26/h5-6,9-12,14,19,28-29H,7-8H2,1-4H3. The van der Waals surface area contributed by atoms with Gasteiger partial charge in [0.05, 0.1) is 16.9 Å². The van der Waals surface area contributed by atoms with Crippen molar-refractivity contribution in [3.05, 3.63) is 53.5 Å². The van der Waals surface area contributed by atoms with E-state index in [2.05, 4.69) is 9.71 Å². The van der Waals surface area contributed by atoms with Gasteiger partial charge in [0.15, 0.2) is 6.10 Å². The second-order valence-electron chi connectivity index (χ2n) is 8.91. The Bertz CT molecular complexity index is 891. The Hall–Kier alpha value is -1.64. The summed E-state index contributed by atoms with van der Waals surface area (Å²) >= 11 is 1.52. The zero-order chi connectivity index (χ0) is 22.3. The van der Waals surface area contributed by atoms with Crippen LogP contribution in [0.25, 0.3) is 11.3 Å². The quantitative estimate of drug-likeness (QED) is 0.416. The molecule has 0 radical (unpaired) electrons. The first-order chi connectivity index (χ1) is 13.8. The van der Waals surface area contributed by atoms with E-state index in [0.717, 1.165) is 12.8 Å². The van der Waals surface area contributed by atoms with Crippen molar-refractivity contribution in [1.29, 1.82) is 0 Å². The van der Waals surface area contributed by atoms with E-state index in [9.17, 15) is 22.7 Å². The molecule has 0 aliphatic heterocycles. The number of nitrogens with one attached hydrogen (secondary N) is 1. The Kier molecular flexibility index (Phi) is 6.24. The summed E-state index contributed by atoms with van der Waals surface area (Å²) in [6.45, 7) is 8.12. The minimum atomic E-state index is -4.84. The number of alkyl halides is 3. The summed E-state index contributed by atoms with van der Waals surface area (Å²) in [5.74, 6) is -0.191. The van der Waals surface area contributed by atoms with Crippen molar-refractivity contribution in [3.8, 4) is 11.3 Å². The van der Waals surface area contributed by atoms with Crippen LogP contribution >= 0.6 is 11.9 Å². The summed E-state index contributed by atoms with van der Waals surface area (Å²) in [4.78, 5) is 4.07. The van der Waals surface area contributed by atoms with Crippen molar-refractivity contribution in [2.24, 2.45) is 5.92 Å². The number of aliphatic hydroxyl groups is 1. The number of aromatic nitrogens is 1. The van der Waals surface area contributed by atoms with Gasteiger partial charge in [0, 0.05) is 10.3 Å². The first kappa shape index (κ1) is 23.0. The van der Waals surface area contributed by atoms with E-state index in [1.165, 1.54) is 42.3 Å². The normalized spacial score (nSPS) is 18.2. The number of pyridine rings is 1. The van der Waals surface area contributed by atoms with Crippen LogP contribution in [0.1, 0.15) is 57.9 Å². The van der Waals surface area contributed by atoms with Gasteiger partial charge < -0.3 is 5.11 Å². The van der Waals surface area contributed by atoms with Crippen LogP contribution in [-0.4, -0.2) is 21.0 Å². The average molecular weight is 443 g/mol. The van der Waals surface area contributed by atoms with Gasteiger partial charge in [-0.3, -0.25) is 4.72 Å². The van der Waals surface area contributed by atoms with Crippen LogP contribution in [0.15, 0.2) is 36.4 Å². The third-order valence-corrected chi connectivity index (χ3v) is 6.28. The monoisotopic (exact) mass is 442 g/mol. The van der Waals surface area contributed by atoms with Crippen LogP contribution in [0.2, 0.25) is 0 Å². The second-order valence-corrected chi connectivity index (χ2v) is 10.5. The third kappa shape index (κ3) is 5.34. The Labute approximate surface area is 178 Å². The summed E-state index contributed by atoms with van der Waals surface area (Å²) in [6, 6.07) is 8.47.